The van der Waals surface area contributed by atoms with Crippen LogP contribution in [0.25, 0.3) is 0 Å². The van der Waals surface area contributed by atoms with Gasteiger partial charge in [-0.1, -0.05) is 38.0 Å². The molecule has 21 heavy (non-hydrogen) atoms. The number of unbranched alkanes of at least 4 members (excludes halogenated alkanes) is 2. The molecule has 4 heteroatoms. The first-order valence-electron chi connectivity index (χ1n) is 7.36. The summed E-state index contributed by atoms with van der Waals surface area (Å²) in [7, 11) is 0. The van der Waals surface area contributed by atoms with Gasteiger partial charge in [0.1, 0.15) is 5.69 Å². The first-order chi connectivity index (χ1) is 10.3. The van der Waals surface area contributed by atoms with Gasteiger partial charge in [-0.05, 0) is 30.7 Å². The molecule has 1 aromatic heterocycles. The third-order valence-electron chi connectivity index (χ3n) is 3.12. The quantitative estimate of drug-likeness (QED) is 0.761. The summed E-state index contributed by atoms with van der Waals surface area (Å²) in [4.78, 5) is 16.1. The van der Waals surface area contributed by atoms with E-state index in [-0.39, 0.29) is 5.91 Å². The maximum atomic E-state index is 12.0. The summed E-state index contributed by atoms with van der Waals surface area (Å²) in [5.41, 5.74) is 2.28. The van der Waals surface area contributed by atoms with Crippen LogP contribution in [-0.2, 0) is 0 Å². The van der Waals surface area contributed by atoms with Crippen LogP contribution in [0.4, 0.5) is 11.4 Å². The van der Waals surface area contributed by atoms with Gasteiger partial charge in [0.25, 0.3) is 5.91 Å². The number of benzene rings is 1. The van der Waals surface area contributed by atoms with Crippen molar-refractivity contribution in [1.82, 2.24) is 10.3 Å². The molecule has 0 radical (unpaired) electrons. The molecule has 2 N–H and O–H groups in total. The largest absolute Gasteiger partial charge is 0.355 e. The summed E-state index contributed by atoms with van der Waals surface area (Å²) < 4.78 is 0. The molecule has 0 spiro atoms. The number of nitrogens with one attached hydrogen (secondary N) is 2. The van der Waals surface area contributed by atoms with E-state index in [1.54, 1.807) is 12.3 Å². The molecule has 0 bridgehead atoms. The molecule has 0 aliphatic carbocycles. The van der Waals surface area contributed by atoms with Crippen molar-refractivity contribution in [3.05, 3.63) is 54.4 Å². The van der Waals surface area contributed by atoms with E-state index in [9.17, 15) is 4.79 Å². The highest BCUT2D eigenvalue weighted by molar-refractivity contribution is 5.93. The van der Waals surface area contributed by atoms with E-state index in [1.807, 2.05) is 36.4 Å². The number of hydrogen-bond acceptors (Lipinski definition) is 3. The lowest BCUT2D eigenvalue weighted by Gasteiger charge is -2.08. The predicted molar refractivity (Wildman–Crippen MR) is 85.8 cm³/mol. The van der Waals surface area contributed by atoms with E-state index in [0.717, 1.165) is 30.6 Å². The fourth-order valence-corrected chi connectivity index (χ4v) is 1.99. The van der Waals surface area contributed by atoms with Crippen molar-refractivity contribution in [2.45, 2.75) is 26.2 Å². The molecule has 1 amide bonds. The monoisotopic (exact) mass is 283 g/mol. The van der Waals surface area contributed by atoms with E-state index < -0.39 is 0 Å². The molecular weight excluding hydrogens is 262 g/mol. The van der Waals surface area contributed by atoms with Crippen LogP contribution in [0.15, 0.2) is 48.7 Å². The van der Waals surface area contributed by atoms with Gasteiger partial charge < -0.3 is 10.6 Å². The standard InChI is InChI=1S/C17H21N3O/c1-2-3-7-11-19-17(21)16-13-15(10-12-18-16)20-14-8-5-4-6-9-14/h4-6,8-10,12-13H,2-3,7,11H2,1H3,(H,18,20)(H,19,21). The Bertz CT molecular complexity index is 569. The normalized spacial score (nSPS) is 10.1. The Morgan fingerprint density at radius 2 is 1.90 bits per heavy atom. The zero-order valence-corrected chi connectivity index (χ0v) is 12.3. The molecule has 2 rings (SSSR count). The van der Waals surface area contributed by atoms with Crippen molar-refractivity contribution < 1.29 is 4.79 Å². The number of aromatic nitrogens is 1. The zero-order chi connectivity index (χ0) is 14.9. The Balaban J connectivity index is 1.95. The number of amides is 1. The van der Waals surface area contributed by atoms with Crippen molar-refractivity contribution in [2.75, 3.05) is 11.9 Å². The van der Waals surface area contributed by atoms with E-state index in [0.29, 0.717) is 12.2 Å². The number of para-hydroxylation sites is 1. The summed E-state index contributed by atoms with van der Waals surface area (Å²) in [5.74, 6) is -0.122. The summed E-state index contributed by atoms with van der Waals surface area (Å²) in [6.45, 7) is 2.84. The molecule has 0 atom stereocenters. The van der Waals surface area contributed by atoms with Crippen LogP contribution < -0.4 is 10.6 Å². The van der Waals surface area contributed by atoms with Crippen molar-refractivity contribution in [3.63, 3.8) is 0 Å². The van der Waals surface area contributed by atoms with Gasteiger partial charge in [0.15, 0.2) is 0 Å². The van der Waals surface area contributed by atoms with Crippen molar-refractivity contribution in [2.24, 2.45) is 0 Å². The molecule has 0 aliphatic rings. The molecule has 4 nitrogen and oxygen atoms in total. The molecule has 1 heterocycles. The Morgan fingerprint density at radius 3 is 2.67 bits per heavy atom. The van der Waals surface area contributed by atoms with Gasteiger partial charge in [-0.3, -0.25) is 9.78 Å². The highest BCUT2D eigenvalue weighted by Crippen LogP contribution is 2.16. The van der Waals surface area contributed by atoms with Gasteiger partial charge in [-0.2, -0.15) is 0 Å². The SMILES string of the molecule is CCCCCNC(=O)c1cc(Nc2ccccc2)ccn1. The number of pyridine rings is 1. The highest BCUT2D eigenvalue weighted by Gasteiger charge is 2.07. The smallest absolute Gasteiger partial charge is 0.269 e. The Kier molecular flexibility index (Phi) is 5.76. The summed E-state index contributed by atoms with van der Waals surface area (Å²) in [5, 5.41) is 6.15. The molecule has 1 aromatic carbocycles. The maximum absolute atomic E-state index is 12.0. The maximum Gasteiger partial charge on any atom is 0.269 e. The number of anilines is 2. The Hall–Kier alpha value is -2.36. The molecular formula is C17H21N3O. The first kappa shape index (κ1) is 15.0. The van der Waals surface area contributed by atoms with E-state index in [2.05, 4.69) is 22.5 Å². The average Bonchev–Trinajstić information content (AvgIpc) is 2.53. The van der Waals surface area contributed by atoms with Crippen LogP contribution in [0.3, 0.4) is 0 Å². The lowest BCUT2D eigenvalue weighted by atomic mass is 10.2. The minimum atomic E-state index is -0.122. The van der Waals surface area contributed by atoms with Gasteiger partial charge >= 0.3 is 0 Å². The Morgan fingerprint density at radius 1 is 1.10 bits per heavy atom. The molecule has 0 saturated carbocycles. The molecule has 0 saturated heterocycles. The van der Waals surface area contributed by atoms with Gasteiger partial charge in [0, 0.05) is 24.1 Å². The molecule has 0 aliphatic heterocycles. The summed E-state index contributed by atoms with van der Waals surface area (Å²) in [6.07, 6.45) is 4.92. The van der Waals surface area contributed by atoms with E-state index in [4.69, 9.17) is 0 Å². The molecule has 0 fully saturated rings. The van der Waals surface area contributed by atoms with Crippen molar-refractivity contribution in [3.8, 4) is 0 Å². The van der Waals surface area contributed by atoms with E-state index in [1.165, 1.54) is 0 Å². The minimum Gasteiger partial charge on any atom is -0.355 e. The number of hydrogen-bond donors (Lipinski definition) is 2. The zero-order valence-electron chi connectivity index (χ0n) is 12.3. The van der Waals surface area contributed by atoms with E-state index >= 15 is 0 Å². The first-order valence-corrected chi connectivity index (χ1v) is 7.36. The highest BCUT2D eigenvalue weighted by atomic mass is 16.1. The minimum absolute atomic E-state index is 0.122. The van der Waals surface area contributed by atoms with Crippen LogP contribution in [0.2, 0.25) is 0 Å². The third kappa shape index (κ3) is 4.91. The van der Waals surface area contributed by atoms with Gasteiger partial charge in [-0.15, -0.1) is 0 Å². The number of carbonyl (C=O) groups excluding carboxylic acids is 1. The number of carbonyl (C=O) groups is 1. The van der Waals surface area contributed by atoms with Crippen molar-refractivity contribution >= 4 is 17.3 Å². The fourth-order valence-electron chi connectivity index (χ4n) is 1.99. The number of rotatable bonds is 7. The van der Waals surface area contributed by atoms with Crippen LogP contribution in [0, 0.1) is 0 Å². The third-order valence-corrected chi connectivity index (χ3v) is 3.12. The summed E-state index contributed by atoms with van der Waals surface area (Å²) in [6, 6.07) is 13.5. The lowest BCUT2D eigenvalue weighted by Crippen LogP contribution is -2.25. The molecule has 0 unspecified atom stereocenters. The molecule has 110 valence electrons. The fraction of sp³-hybridized carbons (Fsp3) is 0.294. The molecule has 2 aromatic rings. The lowest BCUT2D eigenvalue weighted by molar-refractivity contribution is 0.0948. The second-order valence-electron chi connectivity index (χ2n) is 4.88. The number of nitrogens with zero attached hydrogens (tertiary/aromatic N) is 1. The van der Waals surface area contributed by atoms with Crippen LogP contribution in [0.5, 0.6) is 0 Å². The van der Waals surface area contributed by atoms with Crippen molar-refractivity contribution in [1.29, 1.82) is 0 Å². The Labute approximate surface area is 125 Å². The van der Waals surface area contributed by atoms with Gasteiger partial charge in [-0.25, -0.2) is 0 Å². The van der Waals surface area contributed by atoms with Crippen LogP contribution in [-0.4, -0.2) is 17.4 Å². The van der Waals surface area contributed by atoms with Gasteiger partial charge in [0.05, 0.1) is 0 Å². The second-order valence-corrected chi connectivity index (χ2v) is 4.88. The van der Waals surface area contributed by atoms with Crippen LogP contribution >= 0.6 is 0 Å². The second kappa shape index (κ2) is 8.04. The van der Waals surface area contributed by atoms with Gasteiger partial charge in [0.2, 0.25) is 0 Å². The summed E-state index contributed by atoms with van der Waals surface area (Å²) >= 11 is 0. The average molecular weight is 283 g/mol. The topological polar surface area (TPSA) is 54.0 Å². The van der Waals surface area contributed by atoms with Crippen LogP contribution in [0.1, 0.15) is 36.7 Å². The predicted octanol–water partition coefficient (Wildman–Crippen LogP) is 3.75.